The maximum Gasteiger partial charge on any atom is 0.261 e. The van der Waals surface area contributed by atoms with Crippen LogP contribution in [0.1, 0.15) is 38.3 Å². The maximum absolute atomic E-state index is 12.4. The van der Waals surface area contributed by atoms with Crippen molar-refractivity contribution in [2.45, 2.75) is 52.9 Å². The van der Waals surface area contributed by atoms with Crippen LogP contribution < -0.4 is 14.8 Å². The van der Waals surface area contributed by atoms with Gasteiger partial charge >= 0.3 is 0 Å². The molecule has 0 fully saturated rings. The van der Waals surface area contributed by atoms with E-state index in [1.54, 1.807) is 12.1 Å². The van der Waals surface area contributed by atoms with Crippen LogP contribution >= 0.6 is 11.6 Å². The highest BCUT2D eigenvalue weighted by Gasteiger charge is 2.18. The highest BCUT2D eigenvalue weighted by atomic mass is 35.5. The van der Waals surface area contributed by atoms with Crippen molar-refractivity contribution in [3.8, 4) is 11.5 Å². The quantitative estimate of drug-likeness (QED) is 0.713. The van der Waals surface area contributed by atoms with Crippen LogP contribution in [0.25, 0.3) is 0 Å². The highest BCUT2D eigenvalue weighted by molar-refractivity contribution is 6.31. The van der Waals surface area contributed by atoms with Crippen LogP contribution in [0.5, 0.6) is 11.5 Å². The molecule has 26 heavy (non-hydrogen) atoms. The average Bonchev–Trinajstić information content (AvgIpc) is 2.61. The van der Waals surface area contributed by atoms with Crippen molar-refractivity contribution in [3.05, 3.63) is 58.6 Å². The van der Waals surface area contributed by atoms with Crippen molar-refractivity contribution in [2.24, 2.45) is 0 Å². The number of carbonyl (C=O) groups excluding carboxylic acids is 1. The van der Waals surface area contributed by atoms with Crippen LogP contribution in [0.2, 0.25) is 5.02 Å². The fraction of sp³-hybridized carbons (Fsp3) is 0.381. The number of benzene rings is 2. The predicted molar refractivity (Wildman–Crippen MR) is 105 cm³/mol. The SMILES string of the molecule is CC[C@@H](Oc1ccc(Cl)c(C)c1)C(=O)NCc1ccc(OC(C)C)cc1. The monoisotopic (exact) mass is 375 g/mol. The highest BCUT2D eigenvalue weighted by Crippen LogP contribution is 2.22. The Bertz CT molecular complexity index is 729. The molecule has 0 saturated heterocycles. The van der Waals surface area contributed by atoms with Gasteiger partial charge in [0.25, 0.3) is 5.91 Å². The molecule has 0 aliphatic rings. The first-order valence-electron chi connectivity index (χ1n) is 8.85. The largest absolute Gasteiger partial charge is 0.491 e. The van der Waals surface area contributed by atoms with Crippen molar-refractivity contribution in [1.82, 2.24) is 5.32 Å². The van der Waals surface area contributed by atoms with Crippen molar-refractivity contribution >= 4 is 17.5 Å². The van der Waals surface area contributed by atoms with Gasteiger partial charge in [-0.1, -0.05) is 30.7 Å². The minimum Gasteiger partial charge on any atom is -0.491 e. The Balaban J connectivity index is 1.91. The van der Waals surface area contributed by atoms with Crippen LogP contribution in [0.4, 0.5) is 0 Å². The summed E-state index contributed by atoms with van der Waals surface area (Å²) in [5.41, 5.74) is 1.93. The number of rotatable bonds is 8. The Morgan fingerprint density at radius 3 is 2.31 bits per heavy atom. The van der Waals surface area contributed by atoms with Crippen LogP contribution in [0.3, 0.4) is 0 Å². The minimum absolute atomic E-state index is 0.136. The minimum atomic E-state index is -0.542. The Labute approximate surface area is 160 Å². The van der Waals surface area contributed by atoms with E-state index in [0.29, 0.717) is 23.7 Å². The lowest BCUT2D eigenvalue weighted by Crippen LogP contribution is -2.37. The van der Waals surface area contributed by atoms with Crippen LogP contribution in [0.15, 0.2) is 42.5 Å². The fourth-order valence-corrected chi connectivity index (χ4v) is 2.56. The summed E-state index contributed by atoms with van der Waals surface area (Å²) < 4.78 is 11.4. The summed E-state index contributed by atoms with van der Waals surface area (Å²) in [5, 5.41) is 3.61. The molecule has 4 nitrogen and oxygen atoms in total. The van der Waals surface area contributed by atoms with Gasteiger partial charge < -0.3 is 14.8 Å². The molecular weight excluding hydrogens is 350 g/mol. The zero-order valence-electron chi connectivity index (χ0n) is 15.7. The van der Waals surface area contributed by atoms with E-state index in [-0.39, 0.29) is 12.0 Å². The zero-order valence-corrected chi connectivity index (χ0v) is 16.5. The third-order valence-corrected chi connectivity index (χ3v) is 4.26. The lowest BCUT2D eigenvalue weighted by Gasteiger charge is -2.18. The molecule has 2 aromatic rings. The van der Waals surface area contributed by atoms with Gasteiger partial charge in [0.05, 0.1) is 6.10 Å². The van der Waals surface area contributed by atoms with Crippen LogP contribution in [0, 0.1) is 6.92 Å². The van der Waals surface area contributed by atoms with Gasteiger partial charge in [0.1, 0.15) is 11.5 Å². The van der Waals surface area contributed by atoms with Gasteiger partial charge in [0.2, 0.25) is 0 Å². The average molecular weight is 376 g/mol. The molecule has 2 rings (SSSR count). The first kappa shape index (κ1) is 20.1. The molecule has 0 bridgehead atoms. The lowest BCUT2D eigenvalue weighted by molar-refractivity contribution is -0.128. The first-order valence-corrected chi connectivity index (χ1v) is 9.23. The lowest BCUT2D eigenvalue weighted by atomic mass is 10.2. The Kier molecular flexibility index (Phi) is 7.34. The summed E-state index contributed by atoms with van der Waals surface area (Å²) in [6.45, 7) is 8.25. The molecule has 0 aliphatic carbocycles. The molecule has 0 saturated carbocycles. The number of hydrogen-bond donors (Lipinski definition) is 1. The van der Waals surface area contributed by atoms with E-state index in [4.69, 9.17) is 21.1 Å². The number of amides is 1. The van der Waals surface area contributed by atoms with Crippen molar-refractivity contribution in [3.63, 3.8) is 0 Å². The molecule has 0 aliphatic heterocycles. The van der Waals surface area contributed by atoms with E-state index in [9.17, 15) is 4.79 Å². The number of aryl methyl sites for hydroxylation is 1. The smallest absolute Gasteiger partial charge is 0.261 e. The summed E-state index contributed by atoms with van der Waals surface area (Å²) in [4.78, 5) is 12.4. The van der Waals surface area contributed by atoms with Gasteiger partial charge in [-0.3, -0.25) is 4.79 Å². The summed E-state index contributed by atoms with van der Waals surface area (Å²) in [5.74, 6) is 1.33. The van der Waals surface area contributed by atoms with Crippen molar-refractivity contribution in [2.75, 3.05) is 0 Å². The van der Waals surface area contributed by atoms with E-state index in [2.05, 4.69) is 5.32 Å². The summed E-state index contributed by atoms with van der Waals surface area (Å²) in [7, 11) is 0. The van der Waals surface area contributed by atoms with Crippen LogP contribution in [-0.2, 0) is 11.3 Å². The van der Waals surface area contributed by atoms with Crippen molar-refractivity contribution < 1.29 is 14.3 Å². The van der Waals surface area contributed by atoms with Gasteiger partial charge in [-0.25, -0.2) is 0 Å². The standard InChI is InChI=1S/C21H26ClNO3/c1-5-20(26-18-10-11-19(22)15(4)12-18)21(24)23-13-16-6-8-17(9-7-16)25-14(2)3/h6-12,14,20H,5,13H2,1-4H3,(H,23,24)/t20-/m1/s1. The number of ether oxygens (including phenoxy) is 2. The van der Waals surface area contributed by atoms with Gasteiger partial charge in [0.15, 0.2) is 6.10 Å². The zero-order chi connectivity index (χ0) is 19.1. The normalized spacial score (nSPS) is 11.9. The number of nitrogens with one attached hydrogen (secondary N) is 1. The summed E-state index contributed by atoms with van der Waals surface area (Å²) >= 11 is 6.03. The summed E-state index contributed by atoms with van der Waals surface area (Å²) in [6.07, 6.45) is 0.174. The molecule has 2 aromatic carbocycles. The van der Waals surface area contributed by atoms with E-state index >= 15 is 0 Å². The number of halogens is 1. The third kappa shape index (κ3) is 5.95. The molecule has 1 N–H and O–H groups in total. The van der Waals surface area contributed by atoms with Gasteiger partial charge in [-0.2, -0.15) is 0 Å². The molecule has 140 valence electrons. The molecular formula is C21H26ClNO3. The molecule has 1 atom stereocenters. The second-order valence-corrected chi connectivity index (χ2v) is 6.86. The molecule has 0 spiro atoms. The molecule has 0 unspecified atom stereocenters. The van der Waals surface area contributed by atoms with Crippen molar-refractivity contribution in [1.29, 1.82) is 0 Å². The molecule has 0 heterocycles. The number of carbonyl (C=O) groups is 1. The first-order chi connectivity index (χ1) is 12.4. The molecule has 5 heteroatoms. The van der Waals surface area contributed by atoms with E-state index < -0.39 is 6.10 Å². The second kappa shape index (κ2) is 9.48. The fourth-order valence-electron chi connectivity index (χ4n) is 2.44. The van der Waals surface area contributed by atoms with E-state index in [0.717, 1.165) is 16.9 Å². The van der Waals surface area contributed by atoms with Gasteiger partial charge in [-0.15, -0.1) is 0 Å². The summed E-state index contributed by atoms with van der Waals surface area (Å²) in [6, 6.07) is 13.1. The van der Waals surface area contributed by atoms with Crippen LogP contribution in [-0.4, -0.2) is 18.1 Å². The van der Waals surface area contributed by atoms with E-state index in [1.807, 2.05) is 58.0 Å². The van der Waals surface area contributed by atoms with Gasteiger partial charge in [0, 0.05) is 11.6 Å². The molecule has 0 radical (unpaired) electrons. The number of hydrogen-bond acceptors (Lipinski definition) is 3. The van der Waals surface area contributed by atoms with E-state index in [1.165, 1.54) is 0 Å². The Hall–Kier alpha value is -2.20. The molecule has 0 aromatic heterocycles. The second-order valence-electron chi connectivity index (χ2n) is 6.45. The predicted octanol–water partition coefficient (Wildman–Crippen LogP) is 4.91. The van der Waals surface area contributed by atoms with Gasteiger partial charge in [-0.05, 0) is 68.7 Å². The topological polar surface area (TPSA) is 47.6 Å². The third-order valence-electron chi connectivity index (χ3n) is 3.83. The Morgan fingerprint density at radius 1 is 1.08 bits per heavy atom. The Morgan fingerprint density at radius 2 is 1.73 bits per heavy atom. The molecule has 1 amide bonds. The maximum atomic E-state index is 12.4.